The second-order valence-corrected chi connectivity index (χ2v) is 8.88. The molecule has 5 rings (SSSR count). The van der Waals surface area contributed by atoms with Crippen LogP contribution in [0.25, 0.3) is 10.2 Å². The van der Waals surface area contributed by atoms with Crippen molar-refractivity contribution < 1.29 is 4.74 Å². The minimum atomic E-state index is -0.0306. The van der Waals surface area contributed by atoms with Crippen molar-refractivity contribution in [2.75, 3.05) is 0 Å². The van der Waals surface area contributed by atoms with E-state index in [-0.39, 0.29) is 5.56 Å². The summed E-state index contributed by atoms with van der Waals surface area (Å²) in [5, 5.41) is 8.49. The van der Waals surface area contributed by atoms with Gasteiger partial charge >= 0.3 is 0 Å². The fourth-order valence-corrected chi connectivity index (χ4v) is 5.45. The van der Waals surface area contributed by atoms with Gasteiger partial charge in [-0.2, -0.15) is 0 Å². The summed E-state index contributed by atoms with van der Waals surface area (Å²) in [5.41, 5.74) is 1.18. The number of benzene rings is 1. The van der Waals surface area contributed by atoms with Crippen LogP contribution in [0.5, 0.6) is 5.75 Å². The number of thioether (sulfide) groups is 1. The molecule has 0 bridgehead atoms. The van der Waals surface area contributed by atoms with E-state index in [0.717, 1.165) is 35.2 Å². The zero-order valence-electron chi connectivity index (χ0n) is 15.6. The number of nitrogens with one attached hydrogen (secondary N) is 2. The van der Waals surface area contributed by atoms with E-state index in [1.165, 1.54) is 28.6 Å². The van der Waals surface area contributed by atoms with E-state index in [1.54, 1.807) is 11.3 Å². The van der Waals surface area contributed by atoms with Gasteiger partial charge in [0, 0.05) is 4.88 Å². The first-order valence-electron chi connectivity index (χ1n) is 9.51. The lowest BCUT2D eigenvalue weighted by molar-refractivity contribution is 0.296. The number of rotatable bonds is 6. The standard InChI is InChI=1S/C20H19N5O2S2/c26-18-17-13-8-4-5-9-14(13)29-19(17)22-16(21-18)11-28-20-23-15(24-25-20)10-27-12-6-2-1-3-7-12/h1-3,6-7H,4-5,8-11H2,(H,21,22,26)(H,23,24,25). The minimum absolute atomic E-state index is 0.0306. The first-order chi connectivity index (χ1) is 14.3. The summed E-state index contributed by atoms with van der Waals surface area (Å²) >= 11 is 3.10. The Morgan fingerprint density at radius 1 is 1.10 bits per heavy atom. The van der Waals surface area contributed by atoms with Gasteiger partial charge in [-0.25, -0.2) is 9.97 Å². The Labute approximate surface area is 175 Å². The fourth-order valence-electron chi connectivity index (χ4n) is 3.49. The molecular weight excluding hydrogens is 406 g/mol. The molecule has 0 fully saturated rings. The Balaban J connectivity index is 1.26. The van der Waals surface area contributed by atoms with Gasteiger partial charge in [-0.1, -0.05) is 30.0 Å². The molecule has 7 nitrogen and oxygen atoms in total. The molecule has 0 amide bonds. The average molecular weight is 426 g/mol. The van der Waals surface area contributed by atoms with Crippen LogP contribution in [0.15, 0.2) is 40.3 Å². The van der Waals surface area contributed by atoms with E-state index in [2.05, 4.69) is 20.2 Å². The van der Waals surface area contributed by atoms with Crippen LogP contribution in [0.4, 0.5) is 0 Å². The summed E-state index contributed by atoms with van der Waals surface area (Å²) in [6.45, 7) is 0.319. The number of aryl methyl sites for hydroxylation is 2. The van der Waals surface area contributed by atoms with Crippen LogP contribution < -0.4 is 10.3 Å². The van der Waals surface area contributed by atoms with Crippen molar-refractivity contribution >= 4 is 33.3 Å². The normalized spacial score (nSPS) is 13.5. The number of para-hydroxylation sites is 1. The summed E-state index contributed by atoms with van der Waals surface area (Å²) < 4.78 is 5.67. The average Bonchev–Trinajstić information content (AvgIpc) is 3.35. The van der Waals surface area contributed by atoms with Crippen molar-refractivity contribution in [1.29, 1.82) is 0 Å². The maximum absolute atomic E-state index is 12.6. The van der Waals surface area contributed by atoms with Crippen LogP contribution in [0.3, 0.4) is 0 Å². The molecule has 3 aromatic heterocycles. The fraction of sp³-hybridized carbons (Fsp3) is 0.300. The van der Waals surface area contributed by atoms with Gasteiger partial charge in [0.15, 0.2) is 5.82 Å². The predicted molar refractivity (Wildman–Crippen MR) is 114 cm³/mol. The Morgan fingerprint density at radius 2 is 1.97 bits per heavy atom. The highest BCUT2D eigenvalue weighted by atomic mass is 32.2. The van der Waals surface area contributed by atoms with Gasteiger partial charge in [0.1, 0.15) is 23.0 Å². The molecule has 0 atom stereocenters. The highest BCUT2D eigenvalue weighted by Gasteiger charge is 2.19. The van der Waals surface area contributed by atoms with Gasteiger partial charge in [0.05, 0.1) is 11.1 Å². The van der Waals surface area contributed by atoms with Crippen molar-refractivity contribution in [3.05, 3.63) is 62.8 Å². The number of aromatic amines is 2. The number of aromatic nitrogens is 5. The highest BCUT2D eigenvalue weighted by Crippen LogP contribution is 2.33. The topological polar surface area (TPSA) is 96.5 Å². The molecule has 0 unspecified atom stereocenters. The third kappa shape index (κ3) is 3.92. The Bertz CT molecular complexity index is 1200. The van der Waals surface area contributed by atoms with E-state index in [0.29, 0.717) is 29.2 Å². The van der Waals surface area contributed by atoms with Crippen LogP contribution in [-0.4, -0.2) is 25.1 Å². The largest absolute Gasteiger partial charge is 0.486 e. The van der Waals surface area contributed by atoms with Crippen LogP contribution in [-0.2, 0) is 25.2 Å². The first-order valence-corrected chi connectivity index (χ1v) is 11.3. The molecule has 1 aromatic carbocycles. The number of thiophene rings is 1. The van der Waals surface area contributed by atoms with Crippen LogP contribution in [0, 0.1) is 0 Å². The highest BCUT2D eigenvalue weighted by molar-refractivity contribution is 7.98. The van der Waals surface area contributed by atoms with Crippen LogP contribution >= 0.6 is 23.1 Å². The Kier molecular flexibility index (Phi) is 5.07. The second-order valence-electron chi connectivity index (χ2n) is 6.86. The molecule has 0 spiro atoms. The molecule has 0 saturated heterocycles. The summed E-state index contributed by atoms with van der Waals surface area (Å²) in [6.07, 6.45) is 4.39. The van der Waals surface area contributed by atoms with Crippen LogP contribution in [0.2, 0.25) is 0 Å². The van der Waals surface area contributed by atoms with E-state index in [4.69, 9.17) is 9.72 Å². The van der Waals surface area contributed by atoms with E-state index in [1.807, 2.05) is 30.3 Å². The van der Waals surface area contributed by atoms with Gasteiger partial charge in [0.25, 0.3) is 5.56 Å². The Morgan fingerprint density at radius 3 is 2.86 bits per heavy atom. The minimum Gasteiger partial charge on any atom is -0.486 e. The molecule has 3 heterocycles. The maximum atomic E-state index is 12.6. The smallest absolute Gasteiger partial charge is 0.259 e. The maximum Gasteiger partial charge on any atom is 0.259 e. The van der Waals surface area contributed by atoms with Crippen molar-refractivity contribution in [3.8, 4) is 5.75 Å². The van der Waals surface area contributed by atoms with Gasteiger partial charge < -0.3 is 9.72 Å². The lowest BCUT2D eigenvalue weighted by Gasteiger charge is -2.09. The molecule has 2 N–H and O–H groups in total. The summed E-state index contributed by atoms with van der Waals surface area (Å²) in [5.74, 6) is 2.59. The SMILES string of the molecule is O=c1[nH]c(CSc2n[nH]c(COc3ccccc3)n2)nc2sc3c(c12)CCCC3. The lowest BCUT2D eigenvalue weighted by atomic mass is 9.97. The molecule has 0 aliphatic heterocycles. The number of hydrogen-bond acceptors (Lipinski definition) is 7. The van der Waals surface area contributed by atoms with Crippen molar-refractivity contribution in [2.45, 2.75) is 43.2 Å². The van der Waals surface area contributed by atoms with E-state index >= 15 is 0 Å². The van der Waals surface area contributed by atoms with Crippen LogP contribution in [0.1, 0.15) is 34.9 Å². The lowest BCUT2D eigenvalue weighted by Crippen LogP contribution is -2.12. The van der Waals surface area contributed by atoms with Gasteiger partial charge in [0.2, 0.25) is 5.16 Å². The van der Waals surface area contributed by atoms with E-state index in [9.17, 15) is 4.79 Å². The quantitative estimate of drug-likeness (QED) is 0.456. The van der Waals surface area contributed by atoms with Crippen molar-refractivity contribution in [1.82, 2.24) is 25.1 Å². The van der Waals surface area contributed by atoms with Crippen molar-refractivity contribution in [3.63, 3.8) is 0 Å². The molecule has 1 aliphatic rings. The predicted octanol–water partition coefficient (Wildman–Crippen LogP) is 3.85. The van der Waals surface area contributed by atoms with Gasteiger partial charge in [-0.3, -0.25) is 9.89 Å². The molecule has 148 valence electrons. The summed E-state index contributed by atoms with van der Waals surface area (Å²) in [6, 6.07) is 9.58. The zero-order valence-corrected chi connectivity index (χ0v) is 17.2. The Hall–Kier alpha value is -2.65. The first kappa shape index (κ1) is 18.4. The zero-order chi connectivity index (χ0) is 19.6. The number of nitrogens with zero attached hydrogens (tertiary/aromatic N) is 3. The molecule has 0 saturated carbocycles. The third-order valence-electron chi connectivity index (χ3n) is 4.84. The number of ether oxygens (including phenoxy) is 1. The van der Waals surface area contributed by atoms with Gasteiger partial charge in [-0.05, 0) is 43.4 Å². The van der Waals surface area contributed by atoms with Crippen molar-refractivity contribution in [2.24, 2.45) is 0 Å². The second kappa shape index (κ2) is 8.00. The monoisotopic (exact) mass is 425 g/mol. The molecule has 29 heavy (non-hydrogen) atoms. The van der Waals surface area contributed by atoms with Gasteiger partial charge in [-0.15, -0.1) is 16.4 Å². The summed E-state index contributed by atoms with van der Waals surface area (Å²) in [4.78, 5) is 26.9. The molecular formula is C20H19N5O2S2. The number of H-pyrrole nitrogens is 2. The molecule has 9 heteroatoms. The number of fused-ring (bicyclic) bond motifs is 3. The number of hydrogen-bond donors (Lipinski definition) is 2. The third-order valence-corrected chi connectivity index (χ3v) is 6.89. The van der Waals surface area contributed by atoms with E-state index < -0.39 is 0 Å². The molecule has 0 radical (unpaired) electrons. The molecule has 4 aromatic rings. The molecule has 1 aliphatic carbocycles. The summed E-state index contributed by atoms with van der Waals surface area (Å²) in [7, 11) is 0.